The van der Waals surface area contributed by atoms with Gasteiger partial charge in [0.2, 0.25) is 0 Å². The van der Waals surface area contributed by atoms with Crippen LogP contribution in [0.15, 0.2) is 18.2 Å². The lowest BCUT2D eigenvalue weighted by molar-refractivity contribution is 0.0342. The van der Waals surface area contributed by atoms with Gasteiger partial charge in [-0.15, -0.1) is 0 Å². The van der Waals surface area contributed by atoms with Gasteiger partial charge in [-0.3, -0.25) is 4.90 Å². The number of benzene rings is 1. The third kappa shape index (κ3) is 4.43. The van der Waals surface area contributed by atoms with Gasteiger partial charge in [0.1, 0.15) is 0 Å². The number of piperidine rings is 1. The van der Waals surface area contributed by atoms with Crippen molar-refractivity contribution in [1.29, 1.82) is 0 Å². The van der Waals surface area contributed by atoms with E-state index in [0.717, 1.165) is 56.9 Å². The third-order valence-corrected chi connectivity index (χ3v) is 4.95. The summed E-state index contributed by atoms with van der Waals surface area (Å²) in [6, 6.07) is 6.66. The third-order valence-electron chi connectivity index (χ3n) is 4.60. The van der Waals surface area contributed by atoms with Crippen LogP contribution >= 0.6 is 11.6 Å². The van der Waals surface area contributed by atoms with Crippen LogP contribution < -0.4 is 5.32 Å². The molecule has 116 valence electrons. The molecule has 3 nitrogen and oxygen atoms in total. The maximum absolute atomic E-state index is 6.50. The Morgan fingerprint density at radius 3 is 2.67 bits per heavy atom. The molecule has 4 heteroatoms. The number of ether oxygens (including phenoxy) is 1. The van der Waals surface area contributed by atoms with Crippen molar-refractivity contribution in [2.75, 3.05) is 39.4 Å². The zero-order chi connectivity index (χ0) is 14.5. The molecule has 0 amide bonds. The average molecular weight is 309 g/mol. The Bertz CT molecular complexity index is 454. The molecule has 2 aliphatic heterocycles. The van der Waals surface area contributed by atoms with Crippen LogP contribution in [0, 0.1) is 5.92 Å². The highest BCUT2D eigenvalue weighted by Crippen LogP contribution is 2.24. The zero-order valence-corrected chi connectivity index (χ0v) is 13.4. The van der Waals surface area contributed by atoms with Gasteiger partial charge in [0, 0.05) is 24.7 Å². The first kappa shape index (κ1) is 15.3. The summed E-state index contributed by atoms with van der Waals surface area (Å²) in [5, 5.41) is 4.35. The van der Waals surface area contributed by atoms with Crippen molar-refractivity contribution < 1.29 is 4.74 Å². The summed E-state index contributed by atoms with van der Waals surface area (Å²) in [5.74, 6) is 0.812. The molecule has 21 heavy (non-hydrogen) atoms. The lowest BCUT2D eigenvalue weighted by Crippen LogP contribution is -2.35. The van der Waals surface area contributed by atoms with Crippen LogP contribution in [0.4, 0.5) is 0 Å². The minimum atomic E-state index is 0.812. The molecule has 2 saturated heterocycles. The van der Waals surface area contributed by atoms with Gasteiger partial charge in [0.15, 0.2) is 0 Å². The Morgan fingerprint density at radius 2 is 1.95 bits per heavy atom. The van der Waals surface area contributed by atoms with E-state index in [1.165, 1.54) is 30.4 Å². The predicted octanol–water partition coefficient (Wildman–Crippen LogP) is 2.71. The lowest BCUT2D eigenvalue weighted by atomic mass is 9.91. The standard InChI is InChI=1S/C17H25ClN2O/c18-17-12-15(11-14-3-5-19-6-4-14)1-2-16(17)13-20-7-9-21-10-8-20/h1-2,12,14,19H,3-11,13H2. The van der Waals surface area contributed by atoms with E-state index in [4.69, 9.17) is 16.3 Å². The number of hydrogen-bond acceptors (Lipinski definition) is 3. The molecular formula is C17H25ClN2O. The summed E-state index contributed by atoms with van der Waals surface area (Å²) in [7, 11) is 0. The fourth-order valence-electron chi connectivity index (χ4n) is 3.27. The predicted molar refractivity (Wildman–Crippen MR) is 86.8 cm³/mol. The maximum Gasteiger partial charge on any atom is 0.0594 e. The lowest BCUT2D eigenvalue weighted by Gasteiger charge is -2.27. The first-order valence-corrected chi connectivity index (χ1v) is 8.47. The van der Waals surface area contributed by atoms with Crippen molar-refractivity contribution in [3.05, 3.63) is 34.3 Å². The van der Waals surface area contributed by atoms with Crippen molar-refractivity contribution in [3.8, 4) is 0 Å². The molecule has 0 saturated carbocycles. The normalized spacial score (nSPS) is 21.6. The van der Waals surface area contributed by atoms with Crippen LogP contribution in [0.25, 0.3) is 0 Å². The van der Waals surface area contributed by atoms with Gasteiger partial charge in [0.05, 0.1) is 13.2 Å². The largest absolute Gasteiger partial charge is 0.379 e. The van der Waals surface area contributed by atoms with Crippen LogP contribution in [0.2, 0.25) is 5.02 Å². The van der Waals surface area contributed by atoms with Gasteiger partial charge in [-0.25, -0.2) is 0 Å². The Hall–Kier alpha value is -0.610. The summed E-state index contributed by atoms with van der Waals surface area (Å²) >= 11 is 6.50. The van der Waals surface area contributed by atoms with Crippen molar-refractivity contribution >= 4 is 11.6 Å². The molecule has 1 N–H and O–H groups in total. The van der Waals surface area contributed by atoms with Gasteiger partial charge in [-0.1, -0.05) is 23.7 Å². The number of halogens is 1. The van der Waals surface area contributed by atoms with E-state index in [9.17, 15) is 0 Å². The highest BCUT2D eigenvalue weighted by molar-refractivity contribution is 6.31. The minimum Gasteiger partial charge on any atom is -0.379 e. The molecule has 0 atom stereocenters. The first-order chi connectivity index (χ1) is 10.3. The molecule has 3 rings (SSSR count). The van der Waals surface area contributed by atoms with E-state index in [2.05, 4.69) is 28.4 Å². The van der Waals surface area contributed by atoms with Gasteiger partial charge in [-0.05, 0) is 55.5 Å². The molecule has 2 heterocycles. The van der Waals surface area contributed by atoms with E-state index in [-0.39, 0.29) is 0 Å². The molecular weight excluding hydrogens is 284 g/mol. The second-order valence-electron chi connectivity index (χ2n) is 6.21. The summed E-state index contributed by atoms with van der Waals surface area (Å²) in [5.41, 5.74) is 2.63. The summed E-state index contributed by atoms with van der Waals surface area (Å²) in [4.78, 5) is 2.41. The number of nitrogens with zero attached hydrogens (tertiary/aromatic N) is 1. The molecule has 0 radical (unpaired) electrons. The molecule has 1 aromatic rings. The van der Waals surface area contributed by atoms with Crippen LogP contribution in [0.5, 0.6) is 0 Å². The molecule has 0 aliphatic carbocycles. The van der Waals surface area contributed by atoms with E-state index in [0.29, 0.717) is 0 Å². The number of morpholine rings is 1. The Kier molecular flexibility index (Phi) is 5.53. The van der Waals surface area contributed by atoms with Gasteiger partial charge >= 0.3 is 0 Å². The average Bonchev–Trinajstić information content (AvgIpc) is 2.52. The Morgan fingerprint density at radius 1 is 1.19 bits per heavy atom. The molecule has 0 aromatic heterocycles. The fraction of sp³-hybridized carbons (Fsp3) is 0.647. The number of nitrogens with one attached hydrogen (secondary N) is 1. The van der Waals surface area contributed by atoms with Crippen LogP contribution in [0.3, 0.4) is 0 Å². The minimum absolute atomic E-state index is 0.812. The van der Waals surface area contributed by atoms with Gasteiger partial charge < -0.3 is 10.1 Å². The number of rotatable bonds is 4. The van der Waals surface area contributed by atoms with E-state index >= 15 is 0 Å². The first-order valence-electron chi connectivity index (χ1n) is 8.09. The van der Waals surface area contributed by atoms with Crippen molar-refractivity contribution in [2.24, 2.45) is 5.92 Å². The highest BCUT2D eigenvalue weighted by Gasteiger charge is 2.15. The van der Waals surface area contributed by atoms with Crippen LogP contribution in [-0.2, 0) is 17.7 Å². The second-order valence-corrected chi connectivity index (χ2v) is 6.62. The smallest absolute Gasteiger partial charge is 0.0594 e. The molecule has 0 bridgehead atoms. The van der Waals surface area contributed by atoms with Crippen molar-refractivity contribution in [2.45, 2.75) is 25.8 Å². The Balaban J connectivity index is 1.59. The van der Waals surface area contributed by atoms with Crippen LogP contribution in [-0.4, -0.2) is 44.3 Å². The quantitative estimate of drug-likeness (QED) is 0.925. The molecule has 2 aliphatic rings. The molecule has 0 unspecified atom stereocenters. The van der Waals surface area contributed by atoms with Gasteiger partial charge in [0.25, 0.3) is 0 Å². The van der Waals surface area contributed by atoms with E-state index in [1.807, 2.05) is 0 Å². The maximum atomic E-state index is 6.50. The second kappa shape index (κ2) is 7.59. The monoisotopic (exact) mass is 308 g/mol. The van der Waals surface area contributed by atoms with E-state index < -0.39 is 0 Å². The summed E-state index contributed by atoms with van der Waals surface area (Å²) in [6.07, 6.45) is 3.74. The van der Waals surface area contributed by atoms with Crippen molar-refractivity contribution in [1.82, 2.24) is 10.2 Å². The number of hydrogen-bond donors (Lipinski definition) is 1. The zero-order valence-electron chi connectivity index (χ0n) is 12.6. The fourth-order valence-corrected chi connectivity index (χ4v) is 3.53. The van der Waals surface area contributed by atoms with E-state index in [1.54, 1.807) is 0 Å². The van der Waals surface area contributed by atoms with Gasteiger partial charge in [-0.2, -0.15) is 0 Å². The van der Waals surface area contributed by atoms with Crippen molar-refractivity contribution in [3.63, 3.8) is 0 Å². The SMILES string of the molecule is Clc1cc(CC2CCNCC2)ccc1CN1CCOCC1. The molecule has 0 spiro atoms. The topological polar surface area (TPSA) is 24.5 Å². The van der Waals surface area contributed by atoms with Crippen LogP contribution in [0.1, 0.15) is 24.0 Å². The molecule has 1 aromatic carbocycles. The summed E-state index contributed by atoms with van der Waals surface area (Å²) < 4.78 is 5.39. The summed E-state index contributed by atoms with van der Waals surface area (Å²) in [6.45, 7) is 6.95. The highest BCUT2D eigenvalue weighted by atomic mass is 35.5. The molecule has 2 fully saturated rings. The Labute approximate surface area is 132 Å².